The largest absolute Gasteiger partial charge is 0.486 e. The lowest BCUT2D eigenvalue weighted by molar-refractivity contribution is 0.0389. The Morgan fingerprint density at radius 1 is 1.17 bits per heavy atom. The second-order valence-electron chi connectivity index (χ2n) is 9.27. The van der Waals surface area contributed by atoms with E-state index in [2.05, 4.69) is 4.72 Å². The van der Waals surface area contributed by atoms with Gasteiger partial charge in [-0.25, -0.2) is 21.1 Å². The average Bonchev–Trinajstić information content (AvgIpc) is 2.80. The molecular weight excluding hydrogens is 506 g/mol. The Labute approximate surface area is 213 Å². The van der Waals surface area contributed by atoms with Gasteiger partial charge in [-0.3, -0.25) is 9.52 Å². The summed E-state index contributed by atoms with van der Waals surface area (Å²) in [4.78, 5) is 15.0. The van der Waals surface area contributed by atoms with E-state index in [1.54, 1.807) is 19.1 Å². The Balaban J connectivity index is 2.11. The molecule has 1 heterocycles. The third kappa shape index (κ3) is 6.17. The van der Waals surface area contributed by atoms with Crippen molar-refractivity contribution < 1.29 is 31.5 Å². The summed E-state index contributed by atoms with van der Waals surface area (Å²) in [5.74, 6) is -0.765. The third-order valence-corrected chi connectivity index (χ3v) is 8.93. The number of amides is 1. The maximum absolute atomic E-state index is 13.5. The maximum atomic E-state index is 13.5. The summed E-state index contributed by atoms with van der Waals surface area (Å²) < 4.78 is 60.4. The summed E-state index contributed by atoms with van der Waals surface area (Å²) in [6.45, 7) is 5.28. The van der Waals surface area contributed by atoms with E-state index in [0.29, 0.717) is 0 Å². The van der Waals surface area contributed by atoms with Gasteiger partial charge < -0.3 is 14.7 Å². The number of aliphatic hydroxyl groups excluding tert-OH is 1. The van der Waals surface area contributed by atoms with Crippen LogP contribution in [0, 0.1) is 12.8 Å². The molecule has 36 heavy (non-hydrogen) atoms. The fourth-order valence-corrected chi connectivity index (χ4v) is 5.33. The number of likely N-dealkylation sites (N-methyl/N-ethyl adjacent to an activating group) is 1. The molecular formula is C24H33N3O7S2. The summed E-state index contributed by atoms with van der Waals surface area (Å²) in [7, 11) is -6.11. The highest BCUT2D eigenvalue weighted by Gasteiger charge is 2.35. The van der Waals surface area contributed by atoms with Crippen molar-refractivity contribution in [2.75, 3.05) is 37.7 Å². The third-order valence-electron chi connectivity index (χ3n) is 6.27. The quantitative estimate of drug-likeness (QED) is 0.523. The molecule has 10 nitrogen and oxygen atoms in total. The number of benzene rings is 2. The van der Waals surface area contributed by atoms with Gasteiger partial charge in [0.15, 0.2) is 5.75 Å². The van der Waals surface area contributed by atoms with E-state index in [0.717, 1.165) is 16.1 Å². The van der Waals surface area contributed by atoms with Crippen LogP contribution in [0.3, 0.4) is 0 Å². The van der Waals surface area contributed by atoms with E-state index in [-0.39, 0.29) is 47.5 Å². The number of aliphatic hydroxyl groups is 1. The summed E-state index contributed by atoms with van der Waals surface area (Å²) >= 11 is 0. The molecule has 1 amide bonds. The van der Waals surface area contributed by atoms with Crippen LogP contribution in [-0.4, -0.2) is 82.2 Å². The summed E-state index contributed by atoms with van der Waals surface area (Å²) in [6, 6.07) is 10.3. The van der Waals surface area contributed by atoms with Crippen LogP contribution in [0.5, 0.6) is 5.75 Å². The maximum Gasteiger partial charge on any atom is 0.262 e. The van der Waals surface area contributed by atoms with Crippen LogP contribution in [-0.2, 0) is 20.0 Å². The number of aryl methyl sites for hydroxylation is 1. The first-order valence-corrected chi connectivity index (χ1v) is 14.8. The van der Waals surface area contributed by atoms with Gasteiger partial charge in [0.05, 0.1) is 41.6 Å². The minimum atomic E-state index is -4.02. The molecule has 0 aliphatic carbocycles. The number of rotatable bonds is 8. The van der Waals surface area contributed by atoms with Gasteiger partial charge in [-0.05, 0) is 38.1 Å². The van der Waals surface area contributed by atoms with E-state index in [1.165, 1.54) is 42.3 Å². The smallest absolute Gasteiger partial charge is 0.262 e. The van der Waals surface area contributed by atoms with Crippen molar-refractivity contribution in [1.82, 2.24) is 9.21 Å². The molecule has 0 unspecified atom stereocenters. The van der Waals surface area contributed by atoms with Crippen molar-refractivity contribution in [3.05, 3.63) is 53.6 Å². The topological polar surface area (TPSA) is 133 Å². The van der Waals surface area contributed by atoms with Crippen LogP contribution in [0.4, 0.5) is 5.69 Å². The zero-order chi connectivity index (χ0) is 26.8. The number of ether oxygens (including phenoxy) is 1. The number of carbonyl (C=O) groups excluding carboxylic acids is 1. The Morgan fingerprint density at radius 2 is 1.81 bits per heavy atom. The van der Waals surface area contributed by atoms with Gasteiger partial charge in [-0.1, -0.05) is 30.7 Å². The summed E-state index contributed by atoms with van der Waals surface area (Å²) in [5, 5.41) is 9.77. The van der Waals surface area contributed by atoms with E-state index < -0.39 is 38.1 Å². The number of hydrogen-bond donors (Lipinski definition) is 2. The number of para-hydroxylation sites is 1. The first-order valence-electron chi connectivity index (χ1n) is 11.5. The lowest BCUT2D eigenvalue weighted by Gasteiger charge is -2.38. The molecule has 198 valence electrons. The molecule has 2 aromatic carbocycles. The molecule has 0 spiro atoms. The zero-order valence-electron chi connectivity index (χ0n) is 21.0. The van der Waals surface area contributed by atoms with Crippen LogP contribution in [0.2, 0.25) is 0 Å². The number of hydrogen-bond acceptors (Lipinski definition) is 7. The zero-order valence-corrected chi connectivity index (χ0v) is 22.6. The van der Waals surface area contributed by atoms with Gasteiger partial charge in [-0.15, -0.1) is 0 Å². The summed E-state index contributed by atoms with van der Waals surface area (Å²) in [6.07, 6.45) is 0.370. The molecule has 12 heteroatoms. The molecule has 0 fully saturated rings. The monoisotopic (exact) mass is 539 g/mol. The normalized spacial score (nSPS) is 19.8. The minimum Gasteiger partial charge on any atom is -0.486 e. The predicted octanol–water partition coefficient (Wildman–Crippen LogP) is 1.91. The van der Waals surface area contributed by atoms with Gasteiger partial charge >= 0.3 is 0 Å². The van der Waals surface area contributed by atoms with Crippen LogP contribution < -0.4 is 9.46 Å². The van der Waals surface area contributed by atoms with Crippen LogP contribution in [0.1, 0.15) is 29.8 Å². The standard InChI is InChI=1S/C24H33N3O7S2/c1-16-9-11-19(12-10-16)36(32,33)25-21-8-6-7-20-23(21)34-22(14-26(4)35(5,30)31)17(2)13-27(24(20)29)18(3)15-28/h6-12,17-18,22,25,28H,13-15H2,1-5H3/t17-,18-,22-/m0/s1. The number of fused-ring (bicyclic) bond motifs is 1. The molecule has 0 saturated heterocycles. The van der Waals surface area contributed by atoms with Gasteiger partial charge in [0.25, 0.3) is 15.9 Å². The second kappa shape index (κ2) is 10.8. The second-order valence-corrected chi connectivity index (χ2v) is 13.0. The fourth-order valence-electron chi connectivity index (χ4n) is 3.85. The lowest BCUT2D eigenvalue weighted by atomic mass is 9.99. The molecule has 0 bridgehead atoms. The molecule has 3 atom stereocenters. The van der Waals surface area contributed by atoms with Crippen molar-refractivity contribution in [2.24, 2.45) is 5.92 Å². The highest BCUT2D eigenvalue weighted by atomic mass is 32.2. The van der Waals surface area contributed by atoms with Crippen molar-refractivity contribution >= 4 is 31.6 Å². The molecule has 1 aliphatic heterocycles. The fraction of sp³-hybridized carbons (Fsp3) is 0.458. The molecule has 0 aromatic heterocycles. The number of sulfonamides is 2. The number of carbonyl (C=O) groups is 1. The average molecular weight is 540 g/mol. The van der Waals surface area contributed by atoms with Crippen molar-refractivity contribution in [3.8, 4) is 5.75 Å². The van der Waals surface area contributed by atoms with Crippen molar-refractivity contribution in [1.29, 1.82) is 0 Å². The van der Waals surface area contributed by atoms with Gasteiger partial charge in [0, 0.05) is 19.5 Å². The van der Waals surface area contributed by atoms with Gasteiger partial charge in [0.1, 0.15) is 6.10 Å². The molecule has 2 aromatic rings. The highest BCUT2D eigenvalue weighted by Crippen LogP contribution is 2.36. The van der Waals surface area contributed by atoms with Gasteiger partial charge in [0.2, 0.25) is 10.0 Å². The molecule has 0 radical (unpaired) electrons. The summed E-state index contributed by atoms with van der Waals surface area (Å²) in [5.41, 5.74) is 1.06. The molecule has 1 aliphatic rings. The first-order chi connectivity index (χ1) is 16.7. The number of nitrogens with zero attached hydrogens (tertiary/aromatic N) is 2. The van der Waals surface area contributed by atoms with E-state index in [4.69, 9.17) is 4.74 Å². The van der Waals surface area contributed by atoms with Crippen molar-refractivity contribution in [2.45, 2.75) is 37.8 Å². The highest BCUT2D eigenvalue weighted by molar-refractivity contribution is 7.92. The van der Waals surface area contributed by atoms with E-state index >= 15 is 0 Å². The Kier molecular flexibility index (Phi) is 8.33. The van der Waals surface area contributed by atoms with Gasteiger partial charge in [-0.2, -0.15) is 0 Å². The number of anilines is 1. The van der Waals surface area contributed by atoms with Crippen LogP contribution >= 0.6 is 0 Å². The predicted molar refractivity (Wildman–Crippen MR) is 137 cm³/mol. The molecule has 0 saturated carbocycles. The van der Waals surface area contributed by atoms with Crippen LogP contribution in [0.15, 0.2) is 47.4 Å². The SMILES string of the molecule is Cc1ccc(S(=O)(=O)Nc2cccc3c2O[C@@H](CN(C)S(C)(=O)=O)[C@@H](C)CN([C@@H](C)CO)C3=O)cc1. The Hall–Kier alpha value is -2.67. The lowest BCUT2D eigenvalue weighted by Crippen LogP contribution is -2.50. The van der Waals surface area contributed by atoms with E-state index in [9.17, 15) is 26.7 Å². The Bertz CT molecular complexity index is 1310. The minimum absolute atomic E-state index is 0.00628. The van der Waals surface area contributed by atoms with Crippen LogP contribution in [0.25, 0.3) is 0 Å². The molecule has 3 rings (SSSR count). The van der Waals surface area contributed by atoms with Crippen molar-refractivity contribution in [3.63, 3.8) is 0 Å². The molecule has 2 N–H and O–H groups in total. The Morgan fingerprint density at radius 3 is 2.39 bits per heavy atom. The first kappa shape index (κ1) is 27.9. The van der Waals surface area contributed by atoms with E-state index in [1.807, 2.05) is 13.8 Å². The number of nitrogens with one attached hydrogen (secondary N) is 1.